The van der Waals surface area contributed by atoms with E-state index in [1.807, 2.05) is 6.07 Å². The van der Waals surface area contributed by atoms with Crippen LogP contribution in [-0.2, 0) is 16.4 Å². The summed E-state index contributed by atoms with van der Waals surface area (Å²) in [7, 11) is 3.84. The van der Waals surface area contributed by atoms with Crippen molar-refractivity contribution in [2.24, 2.45) is 0 Å². The van der Waals surface area contributed by atoms with E-state index in [4.69, 9.17) is 14.7 Å². The van der Waals surface area contributed by atoms with Gasteiger partial charge in [0.1, 0.15) is 22.5 Å². The fourth-order valence-corrected chi connectivity index (χ4v) is 6.54. The second-order valence-electron chi connectivity index (χ2n) is 11.7. The first-order valence-electron chi connectivity index (χ1n) is 15.3. The number of methoxy groups -OCH3 is 1. The molecule has 5 aromatic rings. The van der Waals surface area contributed by atoms with Crippen molar-refractivity contribution in [1.82, 2.24) is 29.8 Å². The Kier molecular flexibility index (Phi) is 8.57. The van der Waals surface area contributed by atoms with E-state index in [1.165, 1.54) is 28.8 Å². The lowest BCUT2D eigenvalue weighted by Gasteiger charge is -2.37. The molecule has 0 radical (unpaired) electrons. The van der Waals surface area contributed by atoms with Gasteiger partial charge in [0.05, 0.1) is 35.8 Å². The van der Waals surface area contributed by atoms with E-state index in [0.29, 0.717) is 57.0 Å². The Labute approximate surface area is 269 Å². The van der Waals surface area contributed by atoms with Crippen molar-refractivity contribution in [1.29, 1.82) is 0 Å². The van der Waals surface area contributed by atoms with Crippen LogP contribution >= 0.6 is 0 Å². The Bertz CT molecular complexity index is 1990. The number of piperidine rings is 1. The second-order valence-corrected chi connectivity index (χ2v) is 13.7. The van der Waals surface area contributed by atoms with Crippen molar-refractivity contribution in [3.05, 3.63) is 54.5 Å². The molecule has 0 spiro atoms. The molecule has 0 unspecified atom stereocenters. The minimum Gasteiger partial charge on any atom is -0.494 e. The molecule has 6 rings (SSSR count). The van der Waals surface area contributed by atoms with Gasteiger partial charge in [-0.3, -0.25) is 14.3 Å². The van der Waals surface area contributed by atoms with E-state index in [0.717, 1.165) is 44.3 Å². The van der Waals surface area contributed by atoms with Gasteiger partial charge in [0.15, 0.2) is 5.82 Å². The SMILES string of the molecule is CCc1cc(Nc2nc(Nc3ccc4nccnc4c3N(C)S(C)(=O)=O)c3[nH]ccc3n2)c(OC)cc1N1CCC(N(C)C)CC1. The molecular weight excluding hydrogens is 604 g/mol. The van der Waals surface area contributed by atoms with Gasteiger partial charge in [-0.15, -0.1) is 0 Å². The lowest BCUT2D eigenvalue weighted by atomic mass is 10.0. The maximum absolute atomic E-state index is 12.7. The molecule has 3 N–H and O–H groups in total. The first-order chi connectivity index (χ1) is 22.1. The third-order valence-electron chi connectivity index (χ3n) is 8.65. The number of rotatable bonds is 10. The van der Waals surface area contributed by atoms with Crippen LogP contribution in [0.3, 0.4) is 0 Å². The van der Waals surface area contributed by atoms with Gasteiger partial charge in [0.2, 0.25) is 16.0 Å². The summed E-state index contributed by atoms with van der Waals surface area (Å²) in [5.74, 6) is 1.51. The number of hydrogen-bond donors (Lipinski definition) is 3. The number of aryl methyl sites for hydroxylation is 1. The van der Waals surface area contributed by atoms with E-state index in [1.54, 1.807) is 31.6 Å². The van der Waals surface area contributed by atoms with Crippen LogP contribution in [0, 0.1) is 0 Å². The van der Waals surface area contributed by atoms with Crippen LogP contribution in [0.1, 0.15) is 25.3 Å². The molecule has 1 fully saturated rings. The topological polar surface area (TPSA) is 144 Å². The molecule has 0 amide bonds. The third kappa shape index (κ3) is 6.09. The van der Waals surface area contributed by atoms with Gasteiger partial charge in [-0.25, -0.2) is 13.4 Å². The van der Waals surface area contributed by atoms with Crippen molar-refractivity contribution < 1.29 is 13.2 Å². The average molecular weight is 645 g/mol. The Morgan fingerprint density at radius 1 is 1.00 bits per heavy atom. The number of hydrogen-bond acceptors (Lipinski definition) is 11. The number of sulfonamides is 1. The number of aromatic nitrogens is 5. The summed E-state index contributed by atoms with van der Waals surface area (Å²) in [6.45, 7) is 4.14. The van der Waals surface area contributed by atoms with Gasteiger partial charge in [-0.1, -0.05) is 6.92 Å². The zero-order chi connectivity index (χ0) is 32.6. The molecule has 4 heterocycles. The Morgan fingerprint density at radius 3 is 2.46 bits per heavy atom. The number of nitrogens with zero attached hydrogens (tertiary/aromatic N) is 7. The van der Waals surface area contributed by atoms with E-state index in [2.05, 4.69) is 68.5 Å². The lowest BCUT2D eigenvalue weighted by Crippen LogP contribution is -2.42. The maximum atomic E-state index is 12.7. The average Bonchev–Trinajstić information content (AvgIpc) is 3.53. The fourth-order valence-electron chi connectivity index (χ4n) is 6.03. The van der Waals surface area contributed by atoms with Crippen molar-refractivity contribution >= 4 is 66.6 Å². The van der Waals surface area contributed by atoms with Gasteiger partial charge < -0.3 is 30.2 Å². The third-order valence-corrected chi connectivity index (χ3v) is 9.83. The quantitative estimate of drug-likeness (QED) is 0.191. The van der Waals surface area contributed by atoms with Gasteiger partial charge in [0, 0.05) is 56.5 Å². The van der Waals surface area contributed by atoms with Crippen LogP contribution in [-0.4, -0.2) is 91.9 Å². The first kappa shape index (κ1) is 31.3. The van der Waals surface area contributed by atoms with Crippen LogP contribution in [0.5, 0.6) is 5.75 Å². The minimum atomic E-state index is -3.62. The van der Waals surface area contributed by atoms with Crippen LogP contribution in [0.4, 0.5) is 34.5 Å². The minimum absolute atomic E-state index is 0.355. The first-order valence-corrected chi connectivity index (χ1v) is 17.1. The largest absolute Gasteiger partial charge is 0.494 e. The fraction of sp³-hybridized carbons (Fsp3) is 0.375. The normalized spacial score (nSPS) is 14.3. The number of ether oxygens (including phenoxy) is 1. The summed E-state index contributed by atoms with van der Waals surface area (Å²) in [6, 6.07) is 10.2. The molecule has 242 valence electrons. The highest BCUT2D eigenvalue weighted by atomic mass is 32.2. The summed E-state index contributed by atoms with van der Waals surface area (Å²) in [5.41, 5.74) is 6.35. The molecule has 46 heavy (non-hydrogen) atoms. The number of aromatic amines is 1. The number of nitrogens with one attached hydrogen (secondary N) is 3. The van der Waals surface area contributed by atoms with E-state index < -0.39 is 10.0 Å². The highest BCUT2D eigenvalue weighted by molar-refractivity contribution is 7.92. The molecule has 1 aliphatic rings. The zero-order valence-electron chi connectivity index (χ0n) is 27.0. The van der Waals surface area contributed by atoms with Crippen molar-refractivity contribution in [2.75, 3.05) is 67.4 Å². The molecule has 14 heteroatoms. The lowest BCUT2D eigenvalue weighted by molar-refractivity contribution is 0.249. The molecule has 2 aromatic carbocycles. The van der Waals surface area contributed by atoms with Gasteiger partial charge in [-0.05, 0) is 63.2 Å². The zero-order valence-corrected chi connectivity index (χ0v) is 27.8. The van der Waals surface area contributed by atoms with Crippen LogP contribution in [0.15, 0.2) is 48.9 Å². The number of H-pyrrole nitrogens is 1. The summed E-state index contributed by atoms with van der Waals surface area (Å²) in [5, 5.41) is 6.74. The van der Waals surface area contributed by atoms with Gasteiger partial charge in [0.25, 0.3) is 0 Å². The summed E-state index contributed by atoms with van der Waals surface area (Å²) in [4.78, 5) is 26.4. The molecule has 0 atom stereocenters. The highest BCUT2D eigenvalue weighted by Crippen LogP contribution is 2.39. The smallest absolute Gasteiger partial charge is 0.232 e. The predicted molar refractivity (Wildman–Crippen MR) is 185 cm³/mol. The van der Waals surface area contributed by atoms with Crippen molar-refractivity contribution in [3.8, 4) is 5.75 Å². The molecule has 0 saturated carbocycles. The standard InChI is InChI=1S/C32H40N10O3S/c1-7-20-18-25(27(45-5)19-26(20)42-16-11-21(12-17-42)40(2)3)38-32-37-23-10-13-34-29(23)31(39-32)36-24-9-8-22-28(35-15-14-33-22)30(24)41(4)46(6,43)44/h8-10,13-15,18-19,21,34H,7,11-12,16-17H2,1-6H3,(H2,36,37,38,39). The Balaban J connectivity index is 1.37. The summed E-state index contributed by atoms with van der Waals surface area (Å²) < 4.78 is 32.4. The van der Waals surface area contributed by atoms with Crippen molar-refractivity contribution in [3.63, 3.8) is 0 Å². The summed E-state index contributed by atoms with van der Waals surface area (Å²) >= 11 is 0. The molecular formula is C32H40N10O3S. The molecule has 0 bridgehead atoms. The highest BCUT2D eigenvalue weighted by Gasteiger charge is 2.25. The van der Waals surface area contributed by atoms with Gasteiger partial charge >= 0.3 is 0 Å². The number of anilines is 6. The monoisotopic (exact) mass is 644 g/mol. The van der Waals surface area contributed by atoms with Crippen LogP contribution in [0.25, 0.3) is 22.1 Å². The number of fused-ring (bicyclic) bond motifs is 2. The van der Waals surface area contributed by atoms with E-state index in [-0.39, 0.29) is 0 Å². The molecule has 3 aromatic heterocycles. The van der Waals surface area contributed by atoms with Crippen LogP contribution < -0.4 is 24.6 Å². The van der Waals surface area contributed by atoms with Crippen LogP contribution in [0.2, 0.25) is 0 Å². The number of benzene rings is 2. The van der Waals surface area contributed by atoms with E-state index in [9.17, 15) is 8.42 Å². The van der Waals surface area contributed by atoms with Crippen molar-refractivity contribution in [2.45, 2.75) is 32.2 Å². The maximum Gasteiger partial charge on any atom is 0.232 e. The summed E-state index contributed by atoms with van der Waals surface area (Å²) in [6.07, 6.45) is 9.13. The Hall–Kier alpha value is -4.69. The molecule has 1 saturated heterocycles. The van der Waals surface area contributed by atoms with Gasteiger partial charge in [-0.2, -0.15) is 4.98 Å². The second kappa shape index (κ2) is 12.6. The Morgan fingerprint density at radius 2 is 1.76 bits per heavy atom. The predicted octanol–water partition coefficient (Wildman–Crippen LogP) is 4.89. The molecule has 0 aliphatic carbocycles. The molecule has 1 aliphatic heterocycles. The van der Waals surface area contributed by atoms with E-state index >= 15 is 0 Å². The molecule has 13 nitrogen and oxygen atoms in total.